The lowest BCUT2D eigenvalue weighted by Crippen LogP contribution is -2.61. The van der Waals surface area contributed by atoms with E-state index in [0.29, 0.717) is 62.7 Å². The molecule has 15 heteroatoms. The molecule has 0 radical (unpaired) electrons. The third-order valence-electron chi connectivity index (χ3n) is 20.1. The molecule has 13 rings (SSSR count). The van der Waals surface area contributed by atoms with Gasteiger partial charge >= 0.3 is 41.8 Å². The number of carbonyl (C=O) groups excluding carboxylic acids is 7. The first-order chi connectivity index (χ1) is 32.8. The van der Waals surface area contributed by atoms with Crippen LogP contribution < -0.4 is 0 Å². The summed E-state index contributed by atoms with van der Waals surface area (Å²) in [5.41, 5.74) is -8.56. The number of hydrogen-bond acceptors (Lipinski definition) is 15. The lowest BCUT2D eigenvalue weighted by Gasteiger charge is -2.59. The first kappa shape index (κ1) is 49.8. The molecule has 0 amide bonds. The second kappa shape index (κ2) is 17.4. The summed E-state index contributed by atoms with van der Waals surface area (Å²) in [7, 11) is 0. The molecule has 13 fully saturated rings. The molecule has 12 bridgehead atoms. The molecule has 13 aliphatic rings. The lowest BCUT2D eigenvalue weighted by atomic mass is 9.50. The minimum Gasteiger partial charge on any atom is -0.463 e. The van der Waals surface area contributed by atoms with E-state index in [9.17, 15) is 29.1 Å². The highest BCUT2D eigenvalue weighted by atomic mass is 16.6. The maximum Gasteiger partial charge on any atom is 0.347 e. The number of esters is 7. The van der Waals surface area contributed by atoms with Crippen LogP contribution >= 0.6 is 0 Å². The highest BCUT2D eigenvalue weighted by Crippen LogP contribution is 2.62. The quantitative estimate of drug-likeness (QED) is 0.110. The predicted octanol–water partition coefficient (Wildman–Crippen LogP) is 7.67. The summed E-state index contributed by atoms with van der Waals surface area (Å²) in [6.07, 6.45) is 9.43. The zero-order valence-corrected chi connectivity index (χ0v) is 42.6. The molecule has 11 atom stereocenters. The van der Waals surface area contributed by atoms with Crippen molar-refractivity contribution in [2.24, 2.45) is 74.9 Å². The fourth-order valence-electron chi connectivity index (χ4n) is 17.5. The van der Waals surface area contributed by atoms with Gasteiger partial charge in [0, 0.05) is 18.8 Å². The van der Waals surface area contributed by atoms with Crippen LogP contribution in [0, 0.1) is 74.9 Å². The van der Waals surface area contributed by atoms with Crippen molar-refractivity contribution in [3.63, 3.8) is 0 Å². The standard InChI is InChI=1S/C55H78O15/c1-8-50(4,47(61)69-53(7)37-15-30-11-31(17-37)18-38(53)16-30)27-52(6,46(60)67-39-9-10-64-44(39)58)28-51(5,48(62)70-55-23-33-12-34(24-55)22-54(63,21-33)29-55)26-49(2,3)45(59)65-25-41(56)68-42-35-13-32-14-36(20-35)43(57)66-40(42)19-32/h30-40,42,63H,8-29H2,1-7H3. The smallest absolute Gasteiger partial charge is 0.347 e. The Hall–Kier alpha value is -3.75. The first-order valence-corrected chi connectivity index (χ1v) is 27.0. The van der Waals surface area contributed by atoms with Gasteiger partial charge in [0.05, 0.1) is 39.8 Å². The van der Waals surface area contributed by atoms with Gasteiger partial charge in [0.2, 0.25) is 6.10 Å². The van der Waals surface area contributed by atoms with Crippen LogP contribution in [0.25, 0.3) is 0 Å². The van der Waals surface area contributed by atoms with Gasteiger partial charge in [0.15, 0.2) is 6.61 Å². The molecule has 0 aromatic carbocycles. The molecule has 15 nitrogen and oxygen atoms in total. The Kier molecular flexibility index (Phi) is 12.4. The SMILES string of the molecule is CCC(C)(CC(C)(CC(C)(CC(C)(C)C(=O)OCC(=O)OC1C2CC3CC(C2)C(=O)OC1C3)C(=O)OC12CC3CC(CC(O)(C3)C1)C2)C(=O)OC1CCOC1=O)C(=O)OC1(C)C2CC3CC(C2)CC1C3. The summed E-state index contributed by atoms with van der Waals surface area (Å²) < 4.78 is 42.0. The van der Waals surface area contributed by atoms with Gasteiger partial charge in [-0.3, -0.25) is 24.0 Å². The molecular formula is C55H78O15. The highest BCUT2D eigenvalue weighted by molar-refractivity contribution is 5.87. The molecular weight excluding hydrogens is 901 g/mol. The largest absolute Gasteiger partial charge is 0.463 e. The molecule has 70 heavy (non-hydrogen) atoms. The number of ether oxygens (including phenoxy) is 7. The minimum absolute atomic E-state index is 0.0244. The van der Waals surface area contributed by atoms with Crippen LogP contribution in [0.2, 0.25) is 0 Å². The summed E-state index contributed by atoms with van der Waals surface area (Å²) in [5.74, 6) is -2.05. The maximum atomic E-state index is 15.4. The third kappa shape index (κ3) is 9.08. The third-order valence-corrected chi connectivity index (χ3v) is 20.1. The summed E-state index contributed by atoms with van der Waals surface area (Å²) >= 11 is 0. The molecule has 0 spiro atoms. The highest BCUT2D eigenvalue weighted by Gasteiger charge is 2.63. The zero-order valence-electron chi connectivity index (χ0n) is 42.6. The average molecular weight is 979 g/mol. The van der Waals surface area contributed by atoms with E-state index in [1.807, 2.05) is 6.92 Å². The van der Waals surface area contributed by atoms with E-state index in [2.05, 4.69) is 6.92 Å². The van der Waals surface area contributed by atoms with Gasteiger partial charge in [-0.1, -0.05) is 6.92 Å². The van der Waals surface area contributed by atoms with E-state index in [1.54, 1.807) is 34.6 Å². The van der Waals surface area contributed by atoms with Crippen LogP contribution in [0.5, 0.6) is 0 Å². The Labute approximate surface area is 412 Å². The summed E-state index contributed by atoms with van der Waals surface area (Å²) in [6, 6.07) is 0. The Morgan fingerprint density at radius 2 is 1.26 bits per heavy atom. The number of aliphatic hydroxyl groups is 1. The van der Waals surface area contributed by atoms with Crippen molar-refractivity contribution in [3.8, 4) is 0 Å². The molecule has 10 saturated carbocycles. The van der Waals surface area contributed by atoms with Gasteiger partial charge in [-0.2, -0.15) is 0 Å². The van der Waals surface area contributed by atoms with E-state index in [4.69, 9.17) is 33.2 Å². The van der Waals surface area contributed by atoms with Crippen molar-refractivity contribution in [1.82, 2.24) is 0 Å². The summed E-state index contributed by atoms with van der Waals surface area (Å²) in [5, 5.41) is 11.7. The van der Waals surface area contributed by atoms with Crippen LogP contribution in [0.15, 0.2) is 0 Å². The average Bonchev–Trinajstić information content (AvgIpc) is 3.59. The zero-order chi connectivity index (χ0) is 50.0. The molecule has 3 aliphatic heterocycles. The van der Waals surface area contributed by atoms with Gasteiger partial charge in [-0.15, -0.1) is 0 Å². The van der Waals surface area contributed by atoms with Crippen LogP contribution in [0.3, 0.4) is 0 Å². The molecule has 1 N–H and O–H groups in total. The Balaban J connectivity index is 0.918. The Morgan fingerprint density at radius 3 is 1.87 bits per heavy atom. The molecule has 10 aliphatic carbocycles. The number of hydrogen-bond donors (Lipinski definition) is 1. The van der Waals surface area contributed by atoms with E-state index < -0.39 is 99.2 Å². The van der Waals surface area contributed by atoms with Gasteiger partial charge in [-0.05, 0) is 199 Å². The van der Waals surface area contributed by atoms with Crippen LogP contribution in [0.1, 0.15) is 177 Å². The van der Waals surface area contributed by atoms with Crippen molar-refractivity contribution in [3.05, 3.63) is 0 Å². The first-order valence-electron chi connectivity index (χ1n) is 27.0. The fraction of sp³-hybridized carbons (Fsp3) is 0.873. The Bertz CT molecular complexity index is 2120. The van der Waals surface area contributed by atoms with Crippen LogP contribution in [-0.2, 0) is 66.7 Å². The topological polar surface area (TPSA) is 204 Å². The van der Waals surface area contributed by atoms with E-state index in [-0.39, 0.29) is 80.2 Å². The van der Waals surface area contributed by atoms with Gasteiger partial charge in [0.25, 0.3) is 0 Å². The minimum atomic E-state index is -1.65. The van der Waals surface area contributed by atoms with Crippen molar-refractivity contribution >= 4 is 41.8 Å². The summed E-state index contributed by atoms with van der Waals surface area (Å²) in [6.45, 7) is 11.7. The van der Waals surface area contributed by atoms with Gasteiger partial charge < -0.3 is 38.3 Å². The molecule has 3 saturated heterocycles. The lowest BCUT2D eigenvalue weighted by molar-refractivity contribution is -0.228. The number of carbonyl (C=O) groups is 7. The van der Waals surface area contributed by atoms with E-state index in [0.717, 1.165) is 44.9 Å². The second-order valence-electron chi connectivity index (χ2n) is 26.7. The second-order valence-corrected chi connectivity index (χ2v) is 26.7. The molecule has 3 heterocycles. The van der Waals surface area contributed by atoms with Crippen molar-refractivity contribution in [1.29, 1.82) is 0 Å². The monoisotopic (exact) mass is 979 g/mol. The van der Waals surface area contributed by atoms with Gasteiger partial charge in [0.1, 0.15) is 23.4 Å². The van der Waals surface area contributed by atoms with Crippen LogP contribution in [-0.4, -0.2) is 95.2 Å². The maximum absolute atomic E-state index is 15.4. The van der Waals surface area contributed by atoms with E-state index >= 15 is 9.59 Å². The normalized spacial score (nSPS) is 42.1. The number of rotatable bonds is 17. The van der Waals surface area contributed by atoms with Crippen molar-refractivity contribution in [2.45, 2.75) is 212 Å². The van der Waals surface area contributed by atoms with E-state index in [1.165, 1.54) is 6.42 Å². The molecule has 0 aromatic rings. The fourth-order valence-corrected chi connectivity index (χ4v) is 17.5. The van der Waals surface area contributed by atoms with Crippen molar-refractivity contribution in [2.75, 3.05) is 13.2 Å². The van der Waals surface area contributed by atoms with Crippen LogP contribution in [0.4, 0.5) is 0 Å². The molecule has 388 valence electrons. The number of cyclic esters (lactones) is 1. The Morgan fingerprint density at radius 1 is 0.657 bits per heavy atom. The number of fused-ring (bicyclic) bond motifs is 1. The van der Waals surface area contributed by atoms with Crippen molar-refractivity contribution < 1.29 is 71.8 Å². The molecule has 0 aromatic heterocycles. The van der Waals surface area contributed by atoms with Gasteiger partial charge in [-0.25, -0.2) is 9.59 Å². The predicted molar refractivity (Wildman–Crippen MR) is 247 cm³/mol. The summed E-state index contributed by atoms with van der Waals surface area (Å²) in [4.78, 5) is 98.7. The molecule has 11 unspecified atom stereocenters.